The number of hydrogen-bond donors (Lipinski definition) is 3. The van der Waals surface area contributed by atoms with Gasteiger partial charge in [0.15, 0.2) is 5.65 Å². The Hall–Kier alpha value is -3.94. The number of amides is 1. The summed E-state index contributed by atoms with van der Waals surface area (Å²) in [6.45, 7) is 1.99. The molecule has 5 rings (SSSR count). The summed E-state index contributed by atoms with van der Waals surface area (Å²) in [5, 5.41) is 14.8. The van der Waals surface area contributed by atoms with Crippen molar-refractivity contribution in [3.05, 3.63) is 65.9 Å². The minimum atomic E-state index is -0.135. The van der Waals surface area contributed by atoms with Crippen LogP contribution in [-0.4, -0.2) is 38.7 Å². The summed E-state index contributed by atoms with van der Waals surface area (Å²) >= 11 is 0. The van der Waals surface area contributed by atoms with E-state index in [0.29, 0.717) is 29.0 Å². The number of aromatic nitrogens is 4. The van der Waals surface area contributed by atoms with Gasteiger partial charge in [0.2, 0.25) is 5.95 Å². The monoisotopic (exact) mass is 413 g/mol. The summed E-state index contributed by atoms with van der Waals surface area (Å²) in [7, 11) is 1.62. The van der Waals surface area contributed by atoms with Crippen LogP contribution in [0.25, 0.3) is 16.7 Å². The first-order chi connectivity index (χ1) is 15.1. The molecule has 1 amide bonds. The van der Waals surface area contributed by atoms with Crippen molar-refractivity contribution in [1.82, 2.24) is 25.1 Å². The van der Waals surface area contributed by atoms with Crippen LogP contribution in [-0.2, 0) is 0 Å². The Balaban J connectivity index is 1.61. The topological polar surface area (TPSA) is 96.8 Å². The summed E-state index contributed by atoms with van der Waals surface area (Å²) < 4.78 is 1.81. The van der Waals surface area contributed by atoms with E-state index >= 15 is 0 Å². The first-order valence-corrected chi connectivity index (χ1v) is 10.3. The molecule has 0 unspecified atom stereocenters. The normalized spacial score (nSPS) is 13.2. The van der Waals surface area contributed by atoms with Crippen LogP contribution in [0.2, 0.25) is 0 Å². The third-order valence-corrected chi connectivity index (χ3v) is 5.32. The molecule has 0 radical (unpaired) electrons. The molecule has 8 nitrogen and oxygen atoms in total. The van der Waals surface area contributed by atoms with Gasteiger partial charge in [-0.3, -0.25) is 4.79 Å². The molecule has 1 saturated carbocycles. The van der Waals surface area contributed by atoms with Crippen molar-refractivity contribution in [2.75, 3.05) is 17.7 Å². The van der Waals surface area contributed by atoms with E-state index in [1.54, 1.807) is 13.2 Å². The fraction of sp³-hybridized carbons (Fsp3) is 0.217. The summed E-state index contributed by atoms with van der Waals surface area (Å²) in [5.74, 6) is 1.08. The zero-order valence-corrected chi connectivity index (χ0v) is 17.4. The van der Waals surface area contributed by atoms with Gasteiger partial charge in [0.1, 0.15) is 5.82 Å². The maximum absolute atomic E-state index is 12.1. The molecule has 2 aromatic heterocycles. The Labute approximate surface area is 179 Å². The number of para-hydroxylation sites is 1. The zero-order chi connectivity index (χ0) is 21.4. The summed E-state index contributed by atoms with van der Waals surface area (Å²) in [6, 6.07) is 15.9. The predicted octanol–water partition coefficient (Wildman–Crippen LogP) is 3.80. The van der Waals surface area contributed by atoms with Crippen molar-refractivity contribution >= 4 is 34.4 Å². The van der Waals surface area contributed by atoms with Gasteiger partial charge in [-0.05, 0) is 49.6 Å². The second kappa shape index (κ2) is 7.71. The molecule has 4 aromatic rings. The number of anilines is 3. The fourth-order valence-corrected chi connectivity index (χ4v) is 3.41. The quantitative estimate of drug-likeness (QED) is 0.445. The molecule has 0 bridgehead atoms. The van der Waals surface area contributed by atoms with E-state index in [1.165, 1.54) is 0 Å². The Morgan fingerprint density at radius 1 is 1.10 bits per heavy atom. The van der Waals surface area contributed by atoms with E-state index in [1.807, 2.05) is 60.1 Å². The SMILES string of the molecule is CNC(=O)c1ccc(C)c(Nc2nc(NC3CC3)nc3c2cnn3-c2ccccc2)c1. The largest absolute Gasteiger partial charge is 0.355 e. The maximum Gasteiger partial charge on any atom is 0.251 e. The minimum absolute atomic E-state index is 0.135. The molecule has 2 aromatic carbocycles. The van der Waals surface area contributed by atoms with Gasteiger partial charge in [-0.1, -0.05) is 24.3 Å². The molecule has 156 valence electrons. The lowest BCUT2D eigenvalue weighted by Gasteiger charge is -2.13. The summed E-state index contributed by atoms with van der Waals surface area (Å²) in [5.41, 5.74) is 4.04. The van der Waals surface area contributed by atoms with Crippen LogP contribution in [0.3, 0.4) is 0 Å². The number of fused-ring (bicyclic) bond motifs is 1. The second-order valence-corrected chi connectivity index (χ2v) is 7.68. The molecule has 0 spiro atoms. The highest BCUT2D eigenvalue weighted by Crippen LogP contribution is 2.30. The van der Waals surface area contributed by atoms with Gasteiger partial charge in [0.05, 0.1) is 17.3 Å². The van der Waals surface area contributed by atoms with Crippen LogP contribution in [0.5, 0.6) is 0 Å². The van der Waals surface area contributed by atoms with E-state index in [2.05, 4.69) is 21.0 Å². The van der Waals surface area contributed by atoms with Gasteiger partial charge < -0.3 is 16.0 Å². The number of rotatable bonds is 6. The second-order valence-electron chi connectivity index (χ2n) is 7.68. The van der Waals surface area contributed by atoms with Gasteiger partial charge in [0.25, 0.3) is 5.91 Å². The number of nitrogens with zero attached hydrogens (tertiary/aromatic N) is 4. The Bertz CT molecular complexity index is 1260. The van der Waals surface area contributed by atoms with Crippen molar-refractivity contribution in [2.24, 2.45) is 0 Å². The van der Waals surface area contributed by atoms with E-state index < -0.39 is 0 Å². The molecule has 0 aliphatic heterocycles. The molecule has 31 heavy (non-hydrogen) atoms. The van der Waals surface area contributed by atoms with Crippen LogP contribution < -0.4 is 16.0 Å². The van der Waals surface area contributed by atoms with Crippen LogP contribution >= 0.6 is 0 Å². The smallest absolute Gasteiger partial charge is 0.251 e. The van der Waals surface area contributed by atoms with Crippen LogP contribution in [0, 0.1) is 6.92 Å². The number of benzene rings is 2. The molecule has 8 heteroatoms. The summed E-state index contributed by atoms with van der Waals surface area (Å²) in [4.78, 5) is 21.6. The average molecular weight is 413 g/mol. The van der Waals surface area contributed by atoms with Gasteiger partial charge in [-0.25, -0.2) is 4.68 Å². The average Bonchev–Trinajstić information content (AvgIpc) is 3.50. The number of aryl methyl sites for hydroxylation is 1. The molecule has 1 aliphatic carbocycles. The van der Waals surface area contributed by atoms with E-state index in [0.717, 1.165) is 35.2 Å². The number of carbonyl (C=O) groups excluding carboxylic acids is 1. The first kappa shape index (κ1) is 19.0. The number of carbonyl (C=O) groups is 1. The first-order valence-electron chi connectivity index (χ1n) is 10.3. The van der Waals surface area contributed by atoms with E-state index in [9.17, 15) is 4.79 Å². The zero-order valence-electron chi connectivity index (χ0n) is 17.4. The Kier molecular flexibility index (Phi) is 4.74. The van der Waals surface area contributed by atoms with Crippen molar-refractivity contribution in [2.45, 2.75) is 25.8 Å². The Morgan fingerprint density at radius 3 is 2.65 bits per heavy atom. The van der Waals surface area contributed by atoms with Crippen molar-refractivity contribution in [3.8, 4) is 5.69 Å². The van der Waals surface area contributed by atoms with Gasteiger partial charge in [0, 0.05) is 24.3 Å². The van der Waals surface area contributed by atoms with Crippen molar-refractivity contribution in [1.29, 1.82) is 0 Å². The van der Waals surface area contributed by atoms with Crippen LogP contribution in [0.4, 0.5) is 17.5 Å². The van der Waals surface area contributed by atoms with Crippen LogP contribution in [0.15, 0.2) is 54.7 Å². The van der Waals surface area contributed by atoms with Gasteiger partial charge in [-0.15, -0.1) is 0 Å². The standard InChI is InChI=1S/C23H23N7O/c1-14-8-9-15(22(31)24-2)12-19(14)27-20-18-13-25-30(17-6-4-3-5-7-17)21(18)29-23(28-20)26-16-10-11-16/h3-9,12-13,16H,10-11H2,1-2H3,(H,24,31)(H2,26,27,28,29). The molecule has 1 aliphatic rings. The highest BCUT2D eigenvalue weighted by atomic mass is 16.1. The summed E-state index contributed by atoms with van der Waals surface area (Å²) in [6.07, 6.45) is 4.01. The molecule has 3 N–H and O–H groups in total. The third-order valence-electron chi connectivity index (χ3n) is 5.32. The lowest BCUT2D eigenvalue weighted by molar-refractivity contribution is 0.0963. The lowest BCUT2D eigenvalue weighted by atomic mass is 10.1. The third kappa shape index (κ3) is 3.79. The lowest BCUT2D eigenvalue weighted by Crippen LogP contribution is -2.18. The molecule has 1 fully saturated rings. The maximum atomic E-state index is 12.1. The number of nitrogens with one attached hydrogen (secondary N) is 3. The molecule has 0 saturated heterocycles. The minimum Gasteiger partial charge on any atom is -0.355 e. The van der Waals surface area contributed by atoms with E-state index in [-0.39, 0.29) is 5.91 Å². The predicted molar refractivity (Wildman–Crippen MR) is 121 cm³/mol. The molecule has 2 heterocycles. The van der Waals surface area contributed by atoms with Gasteiger partial charge in [-0.2, -0.15) is 15.1 Å². The van der Waals surface area contributed by atoms with E-state index in [4.69, 9.17) is 9.97 Å². The molecular weight excluding hydrogens is 390 g/mol. The van der Waals surface area contributed by atoms with Crippen molar-refractivity contribution < 1.29 is 4.79 Å². The van der Waals surface area contributed by atoms with Crippen molar-refractivity contribution in [3.63, 3.8) is 0 Å². The van der Waals surface area contributed by atoms with Crippen LogP contribution in [0.1, 0.15) is 28.8 Å². The van der Waals surface area contributed by atoms with Gasteiger partial charge >= 0.3 is 0 Å². The molecular formula is C23H23N7O. The Morgan fingerprint density at radius 2 is 1.90 bits per heavy atom. The number of hydrogen-bond acceptors (Lipinski definition) is 6. The fourth-order valence-electron chi connectivity index (χ4n) is 3.41. The molecule has 0 atom stereocenters. The highest BCUT2D eigenvalue weighted by molar-refractivity contribution is 5.96. The highest BCUT2D eigenvalue weighted by Gasteiger charge is 2.23.